The van der Waals surface area contributed by atoms with Crippen LogP contribution in [0.3, 0.4) is 0 Å². The molecule has 100 valence electrons. The molecule has 2 rings (SSSR count). The van der Waals surface area contributed by atoms with Gasteiger partial charge in [0, 0.05) is 19.6 Å². The van der Waals surface area contributed by atoms with Gasteiger partial charge in [0.25, 0.3) is 0 Å². The van der Waals surface area contributed by atoms with Crippen LogP contribution in [0.4, 0.5) is 4.39 Å². The fraction of sp³-hybridized carbons (Fsp3) is 0.571. The van der Waals surface area contributed by atoms with Crippen molar-refractivity contribution in [3.05, 3.63) is 35.1 Å². The number of nitrogens with zero attached hydrogens (tertiary/aromatic N) is 1. The Kier molecular flexibility index (Phi) is 4.69. The van der Waals surface area contributed by atoms with Gasteiger partial charge in [0.15, 0.2) is 0 Å². The molecule has 0 radical (unpaired) electrons. The monoisotopic (exact) mass is 252 g/mol. The minimum absolute atomic E-state index is 0.167. The quantitative estimate of drug-likeness (QED) is 0.886. The summed E-state index contributed by atoms with van der Waals surface area (Å²) in [4.78, 5) is 2.35. The van der Waals surface area contributed by atoms with Crippen molar-refractivity contribution in [3.8, 4) is 0 Å². The predicted octanol–water partition coefficient (Wildman–Crippen LogP) is 1.68. The molecule has 18 heavy (non-hydrogen) atoms. The molecule has 0 aliphatic carbocycles. The van der Waals surface area contributed by atoms with E-state index in [1.165, 1.54) is 11.6 Å². The number of halogens is 1. The SMILES string of the molecule is Cc1cc(F)ccc1CN1CCO[C@H](CCN)C1. The zero-order chi connectivity index (χ0) is 13.0. The summed E-state index contributed by atoms with van der Waals surface area (Å²) < 4.78 is 18.7. The van der Waals surface area contributed by atoms with Gasteiger partial charge in [0.2, 0.25) is 0 Å². The Morgan fingerprint density at radius 2 is 2.33 bits per heavy atom. The van der Waals surface area contributed by atoms with Crippen LogP contribution in [0, 0.1) is 12.7 Å². The van der Waals surface area contributed by atoms with E-state index in [4.69, 9.17) is 10.5 Å². The Morgan fingerprint density at radius 3 is 3.06 bits per heavy atom. The Labute approximate surface area is 108 Å². The van der Waals surface area contributed by atoms with E-state index in [-0.39, 0.29) is 11.9 Å². The van der Waals surface area contributed by atoms with Crippen molar-refractivity contribution >= 4 is 0 Å². The second-order valence-corrected chi connectivity index (χ2v) is 4.88. The van der Waals surface area contributed by atoms with Crippen LogP contribution in [0.5, 0.6) is 0 Å². The van der Waals surface area contributed by atoms with E-state index >= 15 is 0 Å². The maximum atomic E-state index is 13.0. The van der Waals surface area contributed by atoms with E-state index < -0.39 is 0 Å². The van der Waals surface area contributed by atoms with Gasteiger partial charge >= 0.3 is 0 Å². The third-order valence-corrected chi connectivity index (χ3v) is 3.41. The highest BCUT2D eigenvalue weighted by molar-refractivity contribution is 5.26. The highest BCUT2D eigenvalue weighted by Crippen LogP contribution is 2.16. The third-order valence-electron chi connectivity index (χ3n) is 3.41. The Hall–Kier alpha value is -0.970. The minimum Gasteiger partial charge on any atom is -0.376 e. The summed E-state index contributed by atoms with van der Waals surface area (Å²) in [6.07, 6.45) is 1.14. The van der Waals surface area contributed by atoms with Crippen molar-refractivity contribution in [2.24, 2.45) is 5.73 Å². The molecule has 1 atom stereocenters. The standard InChI is InChI=1S/C14H21FN2O/c1-11-8-13(15)3-2-12(11)9-17-6-7-18-14(10-17)4-5-16/h2-3,8,14H,4-7,9-10,16H2,1H3/t14-/m1/s1. The number of ether oxygens (including phenoxy) is 1. The summed E-state index contributed by atoms with van der Waals surface area (Å²) in [6, 6.07) is 4.99. The van der Waals surface area contributed by atoms with E-state index in [0.29, 0.717) is 6.54 Å². The van der Waals surface area contributed by atoms with Crippen LogP contribution >= 0.6 is 0 Å². The molecule has 1 aliphatic heterocycles. The first-order valence-corrected chi connectivity index (χ1v) is 6.48. The lowest BCUT2D eigenvalue weighted by Crippen LogP contribution is -2.42. The molecule has 0 amide bonds. The zero-order valence-electron chi connectivity index (χ0n) is 10.9. The summed E-state index contributed by atoms with van der Waals surface area (Å²) >= 11 is 0. The van der Waals surface area contributed by atoms with Crippen LogP contribution in [0.25, 0.3) is 0 Å². The van der Waals surface area contributed by atoms with Gasteiger partial charge in [0.05, 0.1) is 12.7 Å². The lowest BCUT2D eigenvalue weighted by molar-refractivity contribution is -0.0335. The summed E-state index contributed by atoms with van der Waals surface area (Å²) in [6.45, 7) is 6.07. The lowest BCUT2D eigenvalue weighted by Gasteiger charge is -2.33. The van der Waals surface area contributed by atoms with Gasteiger partial charge in [-0.1, -0.05) is 6.07 Å². The number of rotatable bonds is 4. The van der Waals surface area contributed by atoms with Gasteiger partial charge in [-0.05, 0) is 43.1 Å². The van der Waals surface area contributed by atoms with E-state index in [1.807, 2.05) is 13.0 Å². The second-order valence-electron chi connectivity index (χ2n) is 4.88. The van der Waals surface area contributed by atoms with Crippen LogP contribution in [0.1, 0.15) is 17.5 Å². The van der Waals surface area contributed by atoms with Crippen LogP contribution in [-0.2, 0) is 11.3 Å². The molecule has 0 spiro atoms. The molecule has 0 bridgehead atoms. The Bertz CT molecular complexity index is 395. The maximum absolute atomic E-state index is 13.0. The molecule has 0 saturated carbocycles. The van der Waals surface area contributed by atoms with Gasteiger partial charge in [-0.25, -0.2) is 4.39 Å². The first-order chi connectivity index (χ1) is 8.69. The Morgan fingerprint density at radius 1 is 1.50 bits per heavy atom. The first-order valence-electron chi connectivity index (χ1n) is 6.48. The van der Waals surface area contributed by atoms with E-state index in [9.17, 15) is 4.39 Å². The van der Waals surface area contributed by atoms with Crippen LogP contribution in [0.15, 0.2) is 18.2 Å². The van der Waals surface area contributed by atoms with E-state index in [0.717, 1.165) is 38.2 Å². The van der Waals surface area contributed by atoms with Gasteiger partial charge < -0.3 is 10.5 Å². The smallest absolute Gasteiger partial charge is 0.123 e. The molecule has 1 fully saturated rings. The van der Waals surface area contributed by atoms with E-state index in [2.05, 4.69) is 4.90 Å². The summed E-state index contributed by atoms with van der Waals surface area (Å²) in [5.74, 6) is -0.167. The topological polar surface area (TPSA) is 38.5 Å². The number of nitrogens with two attached hydrogens (primary N) is 1. The van der Waals surface area contributed by atoms with Gasteiger partial charge in [-0.3, -0.25) is 4.90 Å². The molecule has 1 saturated heterocycles. The fourth-order valence-electron chi connectivity index (χ4n) is 2.36. The molecule has 1 heterocycles. The molecule has 1 aliphatic rings. The van der Waals surface area contributed by atoms with Crippen LogP contribution in [-0.4, -0.2) is 37.2 Å². The summed E-state index contributed by atoms with van der Waals surface area (Å²) in [5, 5.41) is 0. The minimum atomic E-state index is -0.167. The number of benzene rings is 1. The molecule has 4 heteroatoms. The van der Waals surface area contributed by atoms with Crippen molar-refractivity contribution in [1.29, 1.82) is 0 Å². The molecule has 1 aromatic carbocycles. The average Bonchev–Trinajstić information content (AvgIpc) is 2.34. The number of morpholine rings is 1. The fourth-order valence-corrected chi connectivity index (χ4v) is 2.36. The first kappa shape index (κ1) is 13.5. The van der Waals surface area contributed by atoms with Crippen molar-refractivity contribution < 1.29 is 9.13 Å². The summed E-state index contributed by atoms with van der Waals surface area (Å²) in [5.41, 5.74) is 7.75. The van der Waals surface area contributed by atoms with Crippen molar-refractivity contribution in [2.45, 2.75) is 26.0 Å². The predicted molar refractivity (Wildman–Crippen MR) is 69.8 cm³/mol. The second kappa shape index (κ2) is 6.27. The van der Waals surface area contributed by atoms with Gasteiger partial charge in [-0.2, -0.15) is 0 Å². The van der Waals surface area contributed by atoms with Crippen molar-refractivity contribution in [3.63, 3.8) is 0 Å². The van der Waals surface area contributed by atoms with Gasteiger partial charge in [-0.15, -0.1) is 0 Å². The third kappa shape index (κ3) is 3.51. The average molecular weight is 252 g/mol. The Balaban J connectivity index is 1.96. The van der Waals surface area contributed by atoms with Crippen LogP contribution < -0.4 is 5.73 Å². The number of hydrogen-bond donors (Lipinski definition) is 1. The molecular weight excluding hydrogens is 231 g/mol. The molecular formula is C14H21FN2O. The van der Waals surface area contributed by atoms with Crippen molar-refractivity contribution in [1.82, 2.24) is 4.90 Å². The lowest BCUT2D eigenvalue weighted by atomic mass is 10.1. The number of aryl methyl sites for hydroxylation is 1. The van der Waals surface area contributed by atoms with Crippen molar-refractivity contribution in [2.75, 3.05) is 26.2 Å². The maximum Gasteiger partial charge on any atom is 0.123 e. The van der Waals surface area contributed by atoms with Crippen LogP contribution in [0.2, 0.25) is 0 Å². The highest BCUT2D eigenvalue weighted by atomic mass is 19.1. The molecule has 2 N–H and O–H groups in total. The summed E-state index contributed by atoms with van der Waals surface area (Å²) in [7, 11) is 0. The normalized spacial score (nSPS) is 21.2. The van der Waals surface area contributed by atoms with Gasteiger partial charge in [0.1, 0.15) is 5.82 Å². The zero-order valence-corrected chi connectivity index (χ0v) is 10.9. The molecule has 0 aromatic heterocycles. The largest absolute Gasteiger partial charge is 0.376 e. The highest BCUT2D eigenvalue weighted by Gasteiger charge is 2.20. The molecule has 0 unspecified atom stereocenters. The number of hydrogen-bond acceptors (Lipinski definition) is 3. The molecule has 3 nitrogen and oxygen atoms in total. The van der Waals surface area contributed by atoms with E-state index in [1.54, 1.807) is 6.07 Å². The molecule has 1 aromatic rings.